The van der Waals surface area contributed by atoms with Crippen LogP contribution in [0.4, 0.5) is 0 Å². The largest absolute Gasteiger partial charge is 0.507 e. The Morgan fingerprint density at radius 3 is 2.54 bits per heavy atom. The van der Waals surface area contributed by atoms with Crippen molar-refractivity contribution in [2.45, 2.75) is 41.0 Å². The fourth-order valence-electron chi connectivity index (χ4n) is 3.45. The molecule has 1 aromatic rings. The molecule has 28 heavy (non-hydrogen) atoms. The Morgan fingerprint density at radius 2 is 1.93 bits per heavy atom. The van der Waals surface area contributed by atoms with Crippen molar-refractivity contribution in [3.8, 4) is 11.5 Å². The highest BCUT2D eigenvalue weighted by Gasteiger charge is 2.39. The predicted octanol–water partition coefficient (Wildman–Crippen LogP) is 5.33. The molecule has 2 N–H and O–H groups in total. The maximum atomic E-state index is 12.1. The normalized spacial score (nSPS) is 25.5. The number of ketones is 1. The number of halogens is 1. The number of phenolic OH excluding ortho intramolecular Hbond substituents is 2. The molecule has 0 saturated heterocycles. The first-order valence-electron chi connectivity index (χ1n) is 9.30. The van der Waals surface area contributed by atoms with Gasteiger partial charge in [-0.3, -0.25) is 9.59 Å². The van der Waals surface area contributed by atoms with E-state index < -0.39 is 0 Å². The zero-order valence-corrected chi connectivity index (χ0v) is 17.7. The van der Waals surface area contributed by atoms with Gasteiger partial charge in [-0.15, -0.1) is 0 Å². The number of rotatable bonds is 5. The molecule has 2 rings (SSSR count). The van der Waals surface area contributed by atoms with E-state index in [4.69, 9.17) is 11.6 Å². The van der Waals surface area contributed by atoms with Gasteiger partial charge in [-0.1, -0.05) is 62.2 Å². The summed E-state index contributed by atoms with van der Waals surface area (Å²) in [4.78, 5) is 23.3. The number of aldehydes is 1. The first-order valence-corrected chi connectivity index (χ1v) is 9.68. The molecule has 3 unspecified atom stereocenters. The Balaban J connectivity index is 2.30. The highest BCUT2D eigenvalue weighted by Crippen LogP contribution is 2.42. The third kappa shape index (κ3) is 3.93. The van der Waals surface area contributed by atoms with Gasteiger partial charge >= 0.3 is 0 Å². The number of carbonyl (C=O) groups excluding carboxylic acids is 2. The Hall–Kier alpha value is -2.33. The van der Waals surface area contributed by atoms with Crippen LogP contribution in [0.3, 0.4) is 0 Å². The van der Waals surface area contributed by atoms with Gasteiger partial charge < -0.3 is 10.2 Å². The van der Waals surface area contributed by atoms with Crippen LogP contribution in [-0.4, -0.2) is 22.3 Å². The topological polar surface area (TPSA) is 74.6 Å². The van der Waals surface area contributed by atoms with E-state index in [9.17, 15) is 19.8 Å². The molecule has 5 heteroatoms. The lowest BCUT2D eigenvalue weighted by Gasteiger charge is -2.38. The number of allylic oxidation sites excluding steroid dienone is 6. The molecule has 0 fully saturated rings. The van der Waals surface area contributed by atoms with Crippen LogP contribution in [0.25, 0.3) is 0 Å². The van der Waals surface area contributed by atoms with E-state index in [1.807, 2.05) is 38.2 Å². The Labute approximate surface area is 171 Å². The lowest BCUT2D eigenvalue weighted by Crippen LogP contribution is -2.37. The summed E-state index contributed by atoms with van der Waals surface area (Å²) < 4.78 is 0. The lowest BCUT2D eigenvalue weighted by molar-refractivity contribution is -0.121. The van der Waals surface area contributed by atoms with Crippen molar-refractivity contribution in [2.24, 2.45) is 17.3 Å². The van der Waals surface area contributed by atoms with Crippen molar-refractivity contribution in [1.29, 1.82) is 0 Å². The molecule has 3 atom stereocenters. The van der Waals surface area contributed by atoms with Crippen molar-refractivity contribution < 1.29 is 19.8 Å². The first-order chi connectivity index (χ1) is 13.0. The van der Waals surface area contributed by atoms with E-state index >= 15 is 0 Å². The summed E-state index contributed by atoms with van der Waals surface area (Å²) in [7, 11) is 0. The molecule has 0 aliphatic heterocycles. The third-order valence-electron chi connectivity index (χ3n) is 6.11. The molecule has 0 heterocycles. The number of phenols is 2. The van der Waals surface area contributed by atoms with Crippen molar-refractivity contribution in [2.75, 3.05) is 0 Å². The Morgan fingerprint density at radius 1 is 1.29 bits per heavy atom. The summed E-state index contributed by atoms with van der Waals surface area (Å²) in [5.41, 5.74) is 1.27. The molecule has 0 saturated carbocycles. The van der Waals surface area contributed by atoms with E-state index in [2.05, 4.69) is 13.8 Å². The van der Waals surface area contributed by atoms with Gasteiger partial charge in [-0.25, -0.2) is 0 Å². The van der Waals surface area contributed by atoms with Crippen molar-refractivity contribution in [3.63, 3.8) is 0 Å². The van der Waals surface area contributed by atoms with Gasteiger partial charge in [0.05, 0.1) is 10.6 Å². The van der Waals surface area contributed by atoms with Crippen LogP contribution in [0.2, 0.25) is 5.02 Å². The summed E-state index contributed by atoms with van der Waals surface area (Å²) >= 11 is 6.09. The van der Waals surface area contributed by atoms with Crippen LogP contribution in [-0.2, 0) is 11.2 Å². The molecule has 0 radical (unpaired) electrons. The summed E-state index contributed by atoms with van der Waals surface area (Å²) in [6, 6.07) is 0. The molecule has 1 aliphatic rings. The predicted molar refractivity (Wildman–Crippen MR) is 112 cm³/mol. The van der Waals surface area contributed by atoms with Crippen LogP contribution in [0.1, 0.15) is 49.2 Å². The average molecular weight is 403 g/mol. The number of benzene rings is 1. The zero-order chi connectivity index (χ0) is 21.2. The van der Waals surface area contributed by atoms with E-state index in [0.29, 0.717) is 11.8 Å². The minimum absolute atomic E-state index is 0.0687. The average Bonchev–Trinajstić information content (AvgIpc) is 2.66. The second-order valence-electron chi connectivity index (χ2n) is 7.77. The fourth-order valence-corrected chi connectivity index (χ4v) is 3.66. The van der Waals surface area contributed by atoms with Gasteiger partial charge in [0.1, 0.15) is 11.5 Å². The van der Waals surface area contributed by atoms with Crippen LogP contribution < -0.4 is 0 Å². The van der Waals surface area contributed by atoms with E-state index in [1.54, 1.807) is 13.0 Å². The van der Waals surface area contributed by atoms with Gasteiger partial charge in [-0.05, 0) is 37.8 Å². The van der Waals surface area contributed by atoms with Crippen LogP contribution in [0, 0.1) is 24.2 Å². The van der Waals surface area contributed by atoms with Gasteiger partial charge in [0.2, 0.25) is 0 Å². The number of carbonyl (C=O) groups is 2. The van der Waals surface area contributed by atoms with E-state index in [1.165, 1.54) is 0 Å². The molecule has 0 amide bonds. The van der Waals surface area contributed by atoms with Crippen LogP contribution in [0.5, 0.6) is 11.5 Å². The third-order valence-corrected chi connectivity index (χ3v) is 6.57. The maximum Gasteiger partial charge on any atom is 0.159 e. The van der Waals surface area contributed by atoms with Crippen molar-refractivity contribution >= 4 is 23.7 Å². The molecule has 1 aromatic carbocycles. The summed E-state index contributed by atoms with van der Waals surface area (Å²) in [6.07, 6.45) is 10.2. The van der Waals surface area contributed by atoms with Gasteiger partial charge in [-0.2, -0.15) is 0 Å². The molecule has 1 aliphatic carbocycles. The SMILES string of the molecule is CC(C=CC1(C)C(C)C=CC(=O)C1C)=CCc1c(O)c(Cl)c(C)c(C=O)c1O. The molecular weight excluding hydrogens is 376 g/mol. The summed E-state index contributed by atoms with van der Waals surface area (Å²) in [6.45, 7) is 9.58. The molecular formula is C23H27ClO4. The zero-order valence-electron chi connectivity index (χ0n) is 16.9. The van der Waals surface area contributed by atoms with Crippen LogP contribution >= 0.6 is 11.6 Å². The summed E-state index contributed by atoms with van der Waals surface area (Å²) in [5, 5.41) is 20.7. The Kier molecular flexibility index (Phi) is 6.56. The number of hydrogen-bond donors (Lipinski definition) is 2. The quantitative estimate of drug-likeness (QED) is 0.515. The summed E-state index contributed by atoms with van der Waals surface area (Å²) in [5.74, 6) is -0.233. The lowest BCUT2D eigenvalue weighted by atomic mass is 9.64. The monoisotopic (exact) mass is 402 g/mol. The standard InChI is InChI=1S/C23H27ClO4/c1-13(10-11-23(5)14(2)7-9-19(26)16(23)4)6-8-17-21(27)18(12-25)15(3)20(24)22(17)28/h6-7,9-12,14,16,27-28H,8H2,1-5H3. The number of aromatic hydroxyl groups is 2. The van der Waals surface area contributed by atoms with Crippen LogP contribution in [0.15, 0.2) is 36.0 Å². The highest BCUT2D eigenvalue weighted by atomic mass is 35.5. The molecule has 4 nitrogen and oxygen atoms in total. The second-order valence-corrected chi connectivity index (χ2v) is 8.15. The fraction of sp³-hybridized carbons (Fsp3) is 0.391. The Bertz CT molecular complexity index is 895. The molecule has 150 valence electrons. The maximum absolute atomic E-state index is 12.1. The first kappa shape index (κ1) is 22.0. The van der Waals surface area contributed by atoms with E-state index in [0.717, 1.165) is 5.57 Å². The van der Waals surface area contributed by atoms with Gasteiger partial charge in [0, 0.05) is 16.9 Å². The minimum atomic E-state index is -0.289. The van der Waals surface area contributed by atoms with Crippen molar-refractivity contribution in [3.05, 3.63) is 57.7 Å². The smallest absolute Gasteiger partial charge is 0.159 e. The molecule has 0 bridgehead atoms. The number of hydrogen-bond acceptors (Lipinski definition) is 4. The molecule has 0 aromatic heterocycles. The minimum Gasteiger partial charge on any atom is -0.507 e. The highest BCUT2D eigenvalue weighted by molar-refractivity contribution is 6.33. The second kappa shape index (κ2) is 8.36. The molecule has 0 spiro atoms. The van der Waals surface area contributed by atoms with Crippen molar-refractivity contribution in [1.82, 2.24) is 0 Å². The van der Waals surface area contributed by atoms with E-state index in [-0.39, 0.29) is 57.1 Å². The van der Waals surface area contributed by atoms with Gasteiger partial charge in [0.25, 0.3) is 0 Å². The van der Waals surface area contributed by atoms with Gasteiger partial charge in [0.15, 0.2) is 12.1 Å².